The second-order valence-electron chi connectivity index (χ2n) is 4.10. The smallest absolute Gasteiger partial charge is 0.0355 e. The van der Waals surface area contributed by atoms with E-state index >= 15 is 0 Å². The topological polar surface area (TPSA) is 52.0 Å². The van der Waals surface area contributed by atoms with Crippen molar-refractivity contribution < 1.29 is 0 Å². The molecule has 4 N–H and O–H groups in total. The van der Waals surface area contributed by atoms with Gasteiger partial charge >= 0.3 is 0 Å². The molecule has 0 aliphatic rings. The highest BCUT2D eigenvalue weighted by Crippen LogP contribution is 2.34. The van der Waals surface area contributed by atoms with Gasteiger partial charge in [-0.3, -0.25) is 0 Å². The summed E-state index contributed by atoms with van der Waals surface area (Å²) in [7, 11) is 0. The fourth-order valence-corrected chi connectivity index (χ4v) is 2.66. The summed E-state index contributed by atoms with van der Waals surface area (Å²) in [5.41, 5.74) is 15.6. The maximum atomic E-state index is 5.90. The van der Waals surface area contributed by atoms with Crippen molar-refractivity contribution in [3.05, 3.63) is 47.5 Å². The van der Waals surface area contributed by atoms with Crippen molar-refractivity contribution in [3.63, 3.8) is 0 Å². The zero-order valence-electron chi connectivity index (χ0n) is 10.0. The molecule has 0 saturated heterocycles. The molecule has 0 aromatic heterocycles. The predicted octanol–water partition coefficient (Wildman–Crippen LogP) is 3.62. The van der Waals surface area contributed by atoms with Gasteiger partial charge in [0.1, 0.15) is 0 Å². The fourth-order valence-electron chi connectivity index (χ4n) is 1.65. The number of anilines is 2. The van der Waals surface area contributed by atoms with E-state index in [0.717, 1.165) is 16.9 Å². The molecular weight excluding hydrogens is 228 g/mol. The van der Waals surface area contributed by atoms with E-state index in [1.807, 2.05) is 31.2 Å². The third-order valence-corrected chi connectivity index (χ3v) is 4.09. The van der Waals surface area contributed by atoms with E-state index in [0.29, 0.717) is 0 Å². The van der Waals surface area contributed by atoms with E-state index in [9.17, 15) is 0 Å². The summed E-state index contributed by atoms with van der Waals surface area (Å²) in [6.45, 7) is 4.12. The summed E-state index contributed by atoms with van der Waals surface area (Å²) < 4.78 is 0. The fraction of sp³-hybridized carbons (Fsp3) is 0.143. The number of hydrogen-bond donors (Lipinski definition) is 2. The largest absolute Gasteiger partial charge is 0.399 e. The molecule has 0 heterocycles. The summed E-state index contributed by atoms with van der Waals surface area (Å²) >= 11 is 1.73. The third-order valence-electron chi connectivity index (χ3n) is 2.74. The first-order valence-electron chi connectivity index (χ1n) is 5.47. The standard InChI is InChI=1S/C14H16N2S/c1-9-8-11(15)6-7-13(9)17-14-5-3-4-12(16)10(14)2/h3-8H,15-16H2,1-2H3. The molecule has 0 radical (unpaired) electrons. The van der Waals surface area contributed by atoms with Crippen LogP contribution >= 0.6 is 11.8 Å². The molecule has 0 bridgehead atoms. The summed E-state index contributed by atoms with van der Waals surface area (Å²) in [6.07, 6.45) is 0. The average Bonchev–Trinajstić information content (AvgIpc) is 2.28. The van der Waals surface area contributed by atoms with Gasteiger partial charge < -0.3 is 11.5 Å². The van der Waals surface area contributed by atoms with Crippen molar-refractivity contribution in [2.45, 2.75) is 23.6 Å². The van der Waals surface area contributed by atoms with Crippen molar-refractivity contribution in [1.29, 1.82) is 0 Å². The Morgan fingerprint density at radius 3 is 2.41 bits per heavy atom. The Morgan fingerprint density at radius 2 is 1.71 bits per heavy atom. The third kappa shape index (κ3) is 2.56. The van der Waals surface area contributed by atoms with Gasteiger partial charge in [0.25, 0.3) is 0 Å². The molecule has 0 fully saturated rings. The maximum absolute atomic E-state index is 5.90. The Kier molecular flexibility index (Phi) is 3.29. The summed E-state index contributed by atoms with van der Waals surface area (Å²) in [6, 6.07) is 12.0. The Hall–Kier alpha value is -1.61. The molecule has 2 nitrogen and oxygen atoms in total. The predicted molar refractivity (Wildman–Crippen MR) is 75.3 cm³/mol. The molecule has 3 heteroatoms. The summed E-state index contributed by atoms with van der Waals surface area (Å²) in [5.74, 6) is 0. The van der Waals surface area contributed by atoms with Gasteiger partial charge in [-0.1, -0.05) is 17.8 Å². The van der Waals surface area contributed by atoms with Crippen LogP contribution in [0.1, 0.15) is 11.1 Å². The van der Waals surface area contributed by atoms with E-state index < -0.39 is 0 Å². The van der Waals surface area contributed by atoms with Gasteiger partial charge in [0.2, 0.25) is 0 Å². The lowest BCUT2D eigenvalue weighted by atomic mass is 10.2. The van der Waals surface area contributed by atoms with Crippen LogP contribution in [-0.2, 0) is 0 Å². The number of hydrogen-bond acceptors (Lipinski definition) is 3. The first kappa shape index (κ1) is 11.9. The Morgan fingerprint density at radius 1 is 0.941 bits per heavy atom. The first-order chi connectivity index (χ1) is 8.08. The highest BCUT2D eigenvalue weighted by Gasteiger charge is 2.05. The second-order valence-corrected chi connectivity index (χ2v) is 5.18. The lowest BCUT2D eigenvalue weighted by Gasteiger charge is -2.10. The van der Waals surface area contributed by atoms with Crippen LogP contribution in [0, 0.1) is 13.8 Å². The summed E-state index contributed by atoms with van der Waals surface area (Å²) in [5, 5.41) is 0. The van der Waals surface area contributed by atoms with Crippen LogP contribution < -0.4 is 11.5 Å². The molecule has 0 aliphatic heterocycles. The van der Waals surface area contributed by atoms with Gasteiger partial charge in [0.05, 0.1) is 0 Å². The van der Waals surface area contributed by atoms with Gasteiger partial charge in [-0.25, -0.2) is 0 Å². The van der Waals surface area contributed by atoms with E-state index in [1.165, 1.54) is 15.4 Å². The van der Waals surface area contributed by atoms with Crippen molar-refractivity contribution in [2.24, 2.45) is 0 Å². The van der Waals surface area contributed by atoms with Crippen molar-refractivity contribution in [1.82, 2.24) is 0 Å². The highest BCUT2D eigenvalue weighted by molar-refractivity contribution is 7.99. The second kappa shape index (κ2) is 4.72. The summed E-state index contributed by atoms with van der Waals surface area (Å²) in [4.78, 5) is 2.41. The Labute approximate surface area is 106 Å². The van der Waals surface area contributed by atoms with Crippen LogP contribution in [0.4, 0.5) is 11.4 Å². The lowest BCUT2D eigenvalue weighted by Crippen LogP contribution is -1.91. The zero-order valence-corrected chi connectivity index (χ0v) is 10.8. The number of benzene rings is 2. The van der Waals surface area contributed by atoms with Gasteiger partial charge in [0, 0.05) is 21.2 Å². The van der Waals surface area contributed by atoms with E-state index in [1.54, 1.807) is 11.8 Å². The van der Waals surface area contributed by atoms with E-state index in [-0.39, 0.29) is 0 Å². The molecule has 2 rings (SSSR count). The minimum absolute atomic E-state index is 0.802. The molecular formula is C14H16N2S. The van der Waals surface area contributed by atoms with Crippen LogP contribution in [0.5, 0.6) is 0 Å². The van der Waals surface area contributed by atoms with Gasteiger partial charge in [-0.2, -0.15) is 0 Å². The maximum Gasteiger partial charge on any atom is 0.0355 e. The number of rotatable bonds is 2. The van der Waals surface area contributed by atoms with Crippen molar-refractivity contribution >= 4 is 23.1 Å². The van der Waals surface area contributed by atoms with E-state index in [4.69, 9.17) is 11.5 Å². The van der Waals surface area contributed by atoms with Gasteiger partial charge in [0.15, 0.2) is 0 Å². The van der Waals surface area contributed by atoms with Gasteiger partial charge in [-0.15, -0.1) is 0 Å². The van der Waals surface area contributed by atoms with Crippen LogP contribution in [0.3, 0.4) is 0 Å². The number of aryl methyl sites for hydroxylation is 1. The molecule has 0 amide bonds. The van der Waals surface area contributed by atoms with Crippen LogP contribution in [0.15, 0.2) is 46.2 Å². The van der Waals surface area contributed by atoms with Crippen molar-refractivity contribution in [3.8, 4) is 0 Å². The Bertz CT molecular complexity index is 550. The zero-order chi connectivity index (χ0) is 12.4. The van der Waals surface area contributed by atoms with Crippen LogP contribution in [0.2, 0.25) is 0 Å². The molecule has 0 aliphatic carbocycles. The molecule has 17 heavy (non-hydrogen) atoms. The highest BCUT2D eigenvalue weighted by atomic mass is 32.2. The molecule has 2 aromatic rings. The molecule has 0 unspecified atom stereocenters. The van der Waals surface area contributed by atoms with E-state index in [2.05, 4.69) is 19.1 Å². The van der Waals surface area contributed by atoms with Gasteiger partial charge in [-0.05, 0) is 55.3 Å². The minimum Gasteiger partial charge on any atom is -0.399 e. The minimum atomic E-state index is 0.802. The molecule has 0 saturated carbocycles. The monoisotopic (exact) mass is 244 g/mol. The van der Waals surface area contributed by atoms with Crippen molar-refractivity contribution in [2.75, 3.05) is 11.5 Å². The first-order valence-corrected chi connectivity index (χ1v) is 6.28. The number of nitrogen functional groups attached to an aromatic ring is 2. The molecule has 0 spiro atoms. The molecule has 0 atom stereocenters. The molecule has 88 valence electrons. The number of nitrogens with two attached hydrogens (primary N) is 2. The van der Waals surface area contributed by atoms with Crippen LogP contribution in [-0.4, -0.2) is 0 Å². The normalized spacial score (nSPS) is 10.5. The lowest BCUT2D eigenvalue weighted by molar-refractivity contribution is 1.27. The quantitative estimate of drug-likeness (QED) is 0.793. The SMILES string of the molecule is Cc1cc(N)ccc1Sc1cccc(N)c1C. The average molecular weight is 244 g/mol. The molecule has 2 aromatic carbocycles. The Balaban J connectivity index is 2.35. The van der Waals surface area contributed by atoms with Crippen LogP contribution in [0.25, 0.3) is 0 Å².